The number of benzene rings is 2. The third-order valence-corrected chi connectivity index (χ3v) is 5.90. The third kappa shape index (κ3) is 4.14. The SMILES string of the molecule is COc1ccccc1N1CCN(c2nc(SC)nc(Cl)c2-c2ccccc2)CC1. The summed E-state index contributed by atoms with van der Waals surface area (Å²) < 4.78 is 5.54. The van der Waals surface area contributed by atoms with Crippen molar-refractivity contribution in [3.63, 3.8) is 0 Å². The Bertz CT molecular complexity index is 978. The Kier molecular flexibility index (Phi) is 6.11. The Balaban J connectivity index is 1.63. The van der Waals surface area contributed by atoms with Crippen LogP contribution in [0.15, 0.2) is 59.8 Å². The maximum Gasteiger partial charge on any atom is 0.190 e. The van der Waals surface area contributed by atoms with Crippen LogP contribution in [-0.4, -0.2) is 49.5 Å². The van der Waals surface area contributed by atoms with E-state index in [0.29, 0.717) is 10.3 Å². The third-order valence-electron chi connectivity index (χ3n) is 5.08. The van der Waals surface area contributed by atoms with Gasteiger partial charge in [-0.1, -0.05) is 65.8 Å². The van der Waals surface area contributed by atoms with Crippen molar-refractivity contribution in [3.05, 3.63) is 59.8 Å². The van der Waals surface area contributed by atoms with Gasteiger partial charge in [0.25, 0.3) is 0 Å². The second-order valence-corrected chi connectivity index (χ2v) is 7.84. The zero-order valence-electron chi connectivity index (χ0n) is 16.5. The van der Waals surface area contributed by atoms with E-state index in [1.165, 1.54) is 11.8 Å². The standard InChI is InChI=1S/C22H23ClN4OS/c1-28-18-11-7-6-10-17(18)26-12-14-27(15-13-26)21-19(16-8-4-3-5-9-16)20(23)24-22(25-21)29-2/h3-11H,12-15H2,1-2H3. The predicted molar refractivity (Wildman–Crippen MR) is 122 cm³/mol. The van der Waals surface area contributed by atoms with Gasteiger partial charge in [0.05, 0.1) is 18.4 Å². The van der Waals surface area contributed by atoms with Gasteiger partial charge in [-0.3, -0.25) is 0 Å². The van der Waals surface area contributed by atoms with Crippen molar-refractivity contribution in [1.29, 1.82) is 0 Å². The van der Waals surface area contributed by atoms with E-state index in [2.05, 4.69) is 33.0 Å². The quantitative estimate of drug-likeness (QED) is 0.330. The van der Waals surface area contributed by atoms with E-state index in [1.807, 2.05) is 42.7 Å². The zero-order chi connectivity index (χ0) is 20.2. The Hall–Kier alpha value is -2.44. The van der Waals surface area contributed by atoms with Gasteiger partial charge >= 0.3 is 0 Å². The molecule has 2 heterocycles. The van der Waals surface area contributed by atoms with Crippen LogP contribution in [0, 0.1) is 0 Å². The number of rotatable bonds is 5. The number of piperazine rings is 1. The minimum Gasteiger partial charge on any atom is -0.495 e. The van der Waals surface area contributed by atoms with Crippen molar-refractivity contribution in [1.82, 2.24) is 9.97 Å². The van der Waals surface area contributed by atoms with E-state index >= 15 is 0 Å². The molecule has 1 aliphatic rings. The minimum absolute atomic E-state index is 0.498. The summed E-state index contributed by atoms with van der Waals surface area (Å²) >= 11 is 8.12. The monoisotopic (exact) mass is 426 g/mol. The Morgan fingerprint density at radius 1 is 0.897 bits per heavy atom. The minimum atomic E-state index is 0.498. The summed E-state index contributed by atoms with van der Waals surface area (Å²) in [4.78, 5) is 14.0. The molecule has 4 rings (SSSR count). The highest BCUT2D eigenvalue weighted by Crippen LogP contribution is 2.37. The van der Waals surface area contributed by atoms with Gasteiger partial charge in [-0.2, -0.15) is 0 Å². The molecule has 0 saturated carbocycles. The van der Waals surface area contributed by atoms with Gasteiger partial charge in [-0.05, 0) is 24.0 Å². The smallest absolute Gasteiger partial charge is 0.190 e. The van der Waals surface area contributed by atoms with Crippen molar-refractivity contribution in [2.75, 3.05) is 49.3 Å². The van der Waals surface area contributed by atoms with Crippen LogP contribution < -0.4 is 14.5 Å². The molecule has 0 bridgehead atoms. The highest BCUT2D eigenvalue weighted by molar-refractivity contribution is 7.98. The van der Waals surface area contributed by atoms with Gasteiger partial charge in [-0.15, -0.1) is 0 Å². The van der Waals surface area contributed by atoms with Crippen LogP contribution in [-0.2, 0) is 0 Å². The molecule has 1 saturated heterocycles. The predicted octanol–water partition coefficient (Wildman–Crippen LogP) is 4.85. The maximum absolute atomic E-state index is 6.61. The molecular weight excluding hydrogens is 404 g/mol. The number of anilines is 2. The molecule has 3 aromatic rings. The number of aromatic nitrogens is 2. The normalized spacial score (nSPS) is 14.2. The number of methoxy groups -OCH3 is 1. The molecule has 0 unspecified atom stereocenters. The number of halogens is 1. The van der Waals surface area contributed by atoms with Crippen LogP contribution in [0.1, 0.15) is 0 Å². The van der Waals surface area contributed by atoms with Crippen molar-refractivity contribution in [3.8, 4) is 16.9 Å². The van der Waals surface area contributed by atoms with Gasteiger partial charge in [-0.25, -0.2) is 9.97 Å². The lowest BCUT2D eigenvalue weighted by Crippen LogP contribution is -2.47. The molecule has 1 aliphatic heterocycles. The molecule has 0 atom stereocenters. The van der Waals surface area contributed by atoms with Gasteiger partial charge in [0, 0.05) is 26.2 Å². The number of hydrogen-bond donors (Lipinski definition) is 0. The first-order valence-electron chi connectivity index (χ1n) is 9.51. The molecule has 5 nitrogen and oxygen atoms in total. The summed E-state index contributed by atoms with van der Waals surface area (Å²) in [6.45, 7) is 3.45. The highest BCUT2D eigenvalue weighted by Gasteiger charge is 2.25. The van der Waals surface area contributed by atoms with Crippen LogP contribution in [0.25, 0.3) is 11.1 Å². The van der Waals surface area contributed by atoms with E-state index in [1.54, 1.807) is 7.11 Å². The number of ether oxygens (including phenoxy) is 1. The molecular formula is C22H23ClN4OS. The van der Waals surface area contributed by atoms with Crippen molar-refractivity contribution < 1.29 is 4.74 Å². The van der Waals surface area contributed by atoms with Gasteiger partial charge in [0.2, 0.25) is 0 Å². The van der Waals surface area contributed by atoms with Crippen molar-refractivity contribution in [2.24, 2.45) is 0 Å². The Labute approximate surface area is 180 Å². The topological polar surface area (TPSA) is 41.5 Å². The first kappa shape index (κ1) is 19.9. The average molecular weight is 427 g/mol. The molecule has 29 heavy (non-hydrogen) atoms. The summed E-state index contributed by atoms with van der Waals surface area (Å²) in [7, 11) is 1.72. The van der Waals surface area contributed by atoms with E-state index in [0.717, 1.165) is 54.6 Å². The lowest BCUT2D eigenvalue weighted by Gasteiger charge is -2.38. The lowest BCUT2D eigenvalue weighted by molar-refractivity contribution is 0.413. The molecule has 2 aromatic carbocycles. The first-order valence-corrected chi connectivity index (χ1v) is 11.1. The first-order chi connectivity index (χ1) is 14.2. The lowest BCUT2D eigenvalue weighted by atomic mass is 10.1. The largest absolute Gasteiger partial charge is 0.495 e. The molecule has 0 amide bonds. The fraction of sp³-hybridized carbons (Fsp3) is 0.273. The van der Waals surface area contributed by atoms with E-state index < -0.39 is 0 Å². The zero-order valence-corrected chi connectivity index (χ0v) is 18.1. The molecule has 0 radical (unpaired) electrons. The van der Waals surface area contributed by atoms with Gasteiger partial charge < -0.3 is 14.5 Å². The van der Waals surface area contributed by atoms with Crippen molar-refractivity contribution in [2.45, 2.75) is 5.16 Å². The molecule has 150 valence electrons. The molecule has 1 aromatic heterocycles. The molecule has 0 spiro atoms. The second-order valence-electron chi connectivity index (χ2n) is 6.71. The van der Waals surface area contributed by atoms with Crippen LogP contribution in [0.5, 0.6) is 5.75 Å². The molecule has 1 fully saturated rings. The van der Waals surface area contributed by atoms with E-state index in [9.17, 15) is 0 Å². The van der Waals surface area contributed by atoms with Crippen molar-refractivity contribution >= 4 is 34.9 Å². The van der Waals surface area contributed by atoms with Gasteiger partial charge in [0.1, 0.15) is 16.7 Å². The van der Waals surface area contributed by atoms with Crippen LogP contribution >= 0.6 is 23.4 Å². The summed E-state index contributed by atoms with van der Waals surface area (Å²) in [5.41, 5.74) is 3.06. The molecule has 7 heteroatoms. The second kappa shape index (κ2) is 8.93. The fourth-order valence-corrected chi connectivity index (χ4v) is 4.31. The van der Waals surface area contributed by atoms with E-state index in [4.69, 9.17) is 21.3 Å². The number of nitrogens with zero attached hydrogens (tertiary/aromatic N) is 4. The Morgan fingerprint density at radius 2 is 1.55 bits per heavy atom. The average Bonchev–Trinajstić information content (AvgIpc) is 2.79. The number of thioether (sulfide) groups is 1. The van der Waals surface area contributed by atoms with Crippen LogP contribution in [0.3, 0.4) is 0 Å². The maximum atomic E-state index is 6.61. The Morgan fingerprint density at radius 3 is 2.24 bits per heavy atom. The molecule has 0 N–H and O–H groups in total. The fourth-order valence-electron chi connectivity index (χ4n) is 3.63. The van der Waals surface area contributed by atoms with E-state index in [-0.39, 0.29) is 0 Å². The highest BCUT2D eigenvalue weighted by atomic mass is 35.5. The number of para-hydroxylation sites is 2. The van der Waals surface area contributed by atoms with Crippen LogP contribution in [0.4, 0.5) is 11.5 Å². The molecule has 0 aliphatic carbocycles. The van der Waals surface area contributed by atoms with Gasteiger partial charge in [0.15, 0.2) is 5.16 Å². The summed E-state index contributed by atoms with van der Waals surface area (Å²) in [6.07, 6.45) is 1.97. The summed E-state index contributed by atoms with van der Waals surface area (Å²) in [5.74, 6) is 1.81. The van der Waals surface area contributed by atoms with Crippen LogP contribution in [0.2, 0.25) is 5.15 Å². The summed E-state index contributed by atoms with van der Waals surface area (Å²) in [6, 6.07) is 18.3. The number of hydrogen-bond acceptors (Lipinski definition) is 6. The summed E-state index contributed by atoms with van der Waals surface area (Å²) in [5, 5.41) is 1.19.